The standard InChI is InChI=1S/C22H14ClF5N4O/c23-18-16(8-10-29-20(18)22(26,27)28)33-13-3-1-12(2-4-13)7-9-30-21-17-14(24)5-6-15(25)19(17)31-11-32-21/h1-6,8,10-11H,7,9H2,(H,30,31,32). The van der Waals surface area contributed by atoms with Crippen LogP contribution in [0.15, 0.2) is 55.0 Å². The second-order valence-electron chi connectivity index (χ2n) is 6.87. The largest absolute Gasteiger partial charge is 0.456 e. The van der Waals surface area contributed by atoms with Crippen LogP contribution in [0.1, 0.15) is 11.3 Å². The number of halogens is 6. The number of benzene rings is 2. The summed E-state index contributed by atoms with van der Waals surface area (Å²) in [6.07, 6.45) is -2.09. The molecule has 4 rings (SSSR count). The molecule has 11 heteroatoms. The lowest BCUT2D eigenvalue weighted by Crippen LogP contribution is -2.09. The molecule has 2 heterocycles. The van der Waals surface area contributed by atoms with Gasteiger partial charge in [0.1, 0.15) is 45.8 Å². The van der Waals surface area contributed by atoms with E-state index in [1.807, 2.05) is 0 Å². The number of ether oxygens (including phenoxy) is 1. The van der Waals surface area contributed by atoms with Crippen molar-refractivity contribution < 1.29 is 26.7 Å². The second kappa shape index (κ2) is 9.14. The Bertz CT molecular complexity index is 1300. The number of aromatic nitrogens is 3. The fraction of sp³-hybridized carbons (Fsp3) is 0.136. The van der Waals surface area contributed by atoms with Gasteiger partial charge in [0, 0.05) is 18.8 Å². The molecule has 0 saturated heterocycles. The topological polar surface area (TPSA) is 59.9 Å². The van der Waals surface area contributed by atoms with E-state index < -0.39 is 28.5 Å². The van der Waals surface area contributed by atoms with Crippen molar-refractivity contribution in [3.05, 3.63) is 82.9 Å². The molecule has 0 aliphatic rings. The van der Waals surface area contributed by atoms with E-state index in [2.05, 4.69) is 20.3 Å². The Balaban J connectivity index is 1.42. The highest BCUT2D eigenvalue weighted by atomic mass is 35.5. The fourth-order valence-electron chi connectivity index (χ4n) is 3.11. The molecule has 0 saturated carbocycles. The van der Waals surface area contributed by atoms with Crippen LogP contribution in [0.25, 0.3) is 10.9 Å². The van der Waals surface area contributed by atoms with Crippen LogP contribution in [0, 0.1) is 11.6 Å². The van der Waals surface area contributed by atoms with E-state index >= 15 is 0 Å². The Morgan fingerprint density at radius 2 is 1.64 bits per heavy atom. The van der Waals surface area contributed by atoms with Crippen LogP contribution in [0.4, 0.5) is 27.8 Å². The highest BCUT2D eigenvalue weighted by molar-refractivity contribution is 6.32. The number of rotatable bonds is 6. The van der Waals surface area contributed by atoms with Crippen molar-refractivity contribution >= 4 is 28.3 Å². The second-order valence-corrected chi connectivity index (χ2v) is 7.25. The maximum absolute atomic E-state index is 14.1. The molecule has 2 aromatic carbocycles. The van der Waals surface area contributed by atoms with Gasteiger partial charge in [-0.2, -0.15) is 13.2 Å². The summed E-state index contributed by atoms with van der Waals surface area (Å²) in [5.74, 6) is -1.00. The first-order valence-electron chi connectivity index (χ1n) is 9.55. The summed E-state index contributed by atoms with van der Waals surface area (Å²) < 4.78 is 72.3. The molecule has 0 fully saturated rings. The summed E-state index contributed by atoms with van der Waals surface area (Å²) in [6, 6.07) is 9.84. The van der Waals surface area contributed by atoms with Gasteiger partial charge in [-0.25, -0.2) is 18.7 Å². The summed E-state index contributed by atoms with van der Waals surface area (Å²) in [4.78, 5) is 11.0. The monoisotopic (exact) mass is 480 g/mol. The van der Waals surface area contributed by atoms with Gasteiger partial charge in [0.15, 0.2) is 5.69 Å². The van der Waals surface area contributed by atoms with E-state index in [1.54, 1.807) is 24.3 Å². The molecule has 33 heavy (non-hydrogen) atoms. The van der Waals surface area contributed by atoms with E-state index in [9.17, 15) is 22.0 Å². The molecule has 0 spiro atoms. The molecule has 0 aliphatic carbocycles. The third-order valence-electron chi connectivity index (χ3n) is 4.67. The first-order chi connectivity index (χ1) is 15.7. The predicted molar refractivity (Wildman–Crippen MR) is 112 cm³/mol. The van der Waals surface area contributed by atoms with Crippen molar-refractivity contribution in [3.8, 4) is 11.5 Å². The van der Waals surface area contributed by atoms with Crippen molar-refractivity contribution in [1.82, 2.24) is 15.0 Å². The first-order valence-corrected chi connectivity index (χ1v) is 9.93. The van der Waals surface area contributed by atoms with Crippen molar-refractivity contribution in [2.75, 3.05) is 11.9 Å². The van der Waals surface area contributed by atoms with E-state index in [0.29, 0.717) is 13.0 Å². The maximum atomic E-state index is 14.1. The minimum atomic E-state index is -4.70. The van der Waals surface area contributed by atoms with Gasteiger partial charge in [0.2, 0.25) is 0 Å². The molecule has 0 aliphatic heterocycles. The fourth-order valence-corrected chi connectivity index (χ4v) is 3.37. The van der Waals surface area contributed by atoms with Crippen molar-refractivity contribution in [3.63, 3.8) is 0 Å². The lowest BCUT2D eigenvalue weighted by Gasteiger charge is -2.12. The maximum Gasteiger partial charge on any atom is 0.434 e. The molecule has 1 N–H and O–H groups in total. The minimum absolute atomic E-state index is 0.0336. The molecule has 170 valence electrons. The molecule has 0 atom stereocenters. The van der Waals surface area contributed by atoms with E-state index in [4.69, 9.17) is 16.3 Å². The lowest BCUT2D eigenvalue weighted by atomic mass is 10.1. The van der Waals surface area contributed by atoms with E-state index in [-0.39, 0.29) is 28.2 Å². The number of anilines is 1. The zero-order chi connectivity index (χ0) is 23.6. The number of hydrogen-bond acceptors (Lipinski definition) is 5. The van der Waals surface area contributed by atoms with Crippen LogP contribution in [0.5, 0.6) is 11.5 Å². The van der Waals surface area contributed by atoms with E-state index in [1.165, 1.54) is 6.07 Å². The van der Waals surface area contributed by atoms with Crippen molar-refractivity contribution in [2.45, 2.75) is 12.6 Å². The zero-order valence-corrected chi connectivity index (χ0v) is 17.4. The van der Waals surface area contributed by atoms with E-state index in [0.717, 1.165) is 30.2 Å². The predicted octanol–water partition coefficient (Wildman–Crippen LogP) is 6.42. The summed E-state index contributed by atoms with van der Waals surface area (Å²) in [5.41, 5.74) is -0.480. The first kappa shape index (κ1) is 22.7. The number of nitrogens with zero attached hydrogens (tertiary/aromatic N) is 3. The number of fused-ring (bicyclic) bond motifs is 1. The SMILES string of the molecule is Fc1ccc(F)c2c(NCCc3ccc(Oc4ccnc(C(F)(F)F)c4Cl)cc3)ncnc12. The summed E-state index contributed by atoms with van der Waals surface area (Å²) in [5, 5.41) is 2.31. The third-order valence-corrected chi connectivity index (χ3v) is 5.03. The molecule has 0 radical (unpaired) electrons. The molecule has 0 amide bonds. The van der Waals surface area contributed by atoms with Gasteiger partial charge in [-0.1, -0.05) is 23.7 Å². The Morgan fingerprint density at radius 1 is 0.909 bits per heavy atom. The number of nitrogens with one attached hydrogen (secondary N) is 1. The van der Waals surface area contributed by atoms with Crippen LogP contribution in [0.2, 0.25) is 5.02 Å². The molecule has 4 aromatic rings. The van der Waals surface area contributed by atoms with Gasteiger partial charge in [0.25, 0.3) is 0 Å². The van der Waals surface area contributed by atoms with Gasteiger partial charge in [-0.3, -0.25) is 4.98 Å². The molecule has 0 bridgehead atoms. The van der Waals surface area contributed by atoms with Crippen LogP contribution >= 0.6 is 11.6 Å². The summed E-state index contributed by atoms with van der Waals surface area (Å²) >= 11 is 5.79. The summed E-state index contributed by atoms with van der Waals surface area (Å²) in [6.45, 7) is 0.355. The lowest BCUT2D eigenvalue weighted by molar-refractivity contribution is -0.141. The van der Waals surface area contributed by atoms with Crippen LogP contribution in [0.3, 0.4) is 0 Å². The summed E-state index contributed by atoms with van der Waals surface area (Å²) in [7, 11) is 0. The Kier molecular flexibility index (Phi) is 6.28. The minimum Gasteiger partial charge on any atom is -0.456 e. The van der Waals surface area contributed by atoms with Crippen molar-refractivity contribution in [2.24, 2.45) is 0 Å². The Hall–Kier alpha value is -3.53. The molecule has 5 nitrogen and oxygen atoms in total. The van der Waals surface area contributed by atoms with Gasteiger partial charge >= 0.3 is 6.18 Å². The van der Waals surface area contributed by atoms with Gasteiger partial charge in [-0.15, -0.1) is 0 Å². The van der Waals surface area contributed by atoms with Gasteiger partial charge in [-0.05, 0) is 36.2 Å². The average molecular weight is 481 g/mol. The molecular weight excluding hydrogens is 467 g/mol. The molecule has 2 aromatic heterocycles. The van der Waals surface area contributed by atoms with Gasteiger partial charge < -0.3 is 10.1 Å². The molecule has 0 unspecified atom stereocenters. The van der Waals surface area contributed by atoms with Gasteiger partial charge in [0.05, 0.1) is 5.39 Å². The normalized spacial score (nSPS) is 11.6. The zero-order valence-electron chi connectivity index (χ0n) is 16.6. The van der Waals surface area contributed by atoms with Crippen LogP contribution < -0.4 is 10.1 Å². The average Bonchev–Trinajstić information content (AvgIpc) is 2.78. The Morgan fingerprint density at radius 3 is 2.36 bits per heavy atom. The third kappa shape index (κ3) is 4.95. The molecular formula is C22H14ClF5N4O. The van der Waals surface area contributed by atoms with Crippen LogP contribution in [-0.4, -0.2) is 21.5 Å². The van der Waals surface area contributed by atoms with Crippen molar-refractivity contribution in [1.29, 1.82) is 0 Å². The quantitative estimate of drug-likeness (QED) is 0.323. The smallest absolute Gasteiger partial charge is 0.434 e. The van der Waals surface area contributed by atoms with Crippen LogP contribution in [-0.2, 0) is 12.6 Å². The highest BCUT2D eigenvalue weighted by Gasteiger charge is 2.36. The number of pyridine rings is 1. The Labute approximate surface area is 189 Å². The number of hydrogen-bond donors (Lipinski definition) is 1. The number of alkyl halides is 3. The highest BCUT2D eigenvalue weighted by Crippen LogP contribution is 2.39.